The first-order valence-corrected chi connectivity index (χ1v) is 18.6. The summed E-state index contributed by atoms with van der Waals surface area (Å²) in [5.41, 5.74) is -0.936. The van der Waals surface area contributed by atoms with Gasteiger partial charge in [0.05, 0.1) is 17.9 Å². The van der Waals surface area contributed by atoms with Crippen LogP contribution in [0.15, 0.2) is 35.3 Å². The van der Waals surface area contributed by atoms with Gasteiger partial charge in [-0.15, -0.1) is 0 Å². The predicted molar refractivity (Wildman–Crippen MR) is 186 cm³/mol. The number of ether oxygens (including phenoxy) is 1. The van der Waals surface area contributed by atoms with E-state index in [1.54, 1.807) is 27.0 Å². The van der Waals surface area contributed by atoms with Gasteiger partial charge in [-0.25, -0.2) is 14.3 Å². The van der Waals surface area contributed by atoms with Crippen molar-refractivity contribution < 1.29 is 29.0 Å². The van der Waals surface area contributed by atoms with Crippen LogP contribution in [0.5, 0.6) is 0 Å². The molecule has 1 aromatic rings. The van der Waals surface area contributed by atoms with Crippen molar-refractivity contribution >= 4 is 41.3 Å². The zero-order valence-corrected chi connectivity index (χ0v) is 29.4. The van der Waals surface area contributed by atoms with Crippen molar-refractivity contribution in [3.8, 4) is 0 Å². The zero-order chi connectivity index (χ0) is 34.9. The van der Waals surface area contributed by atoms with E-state index in [1.165, 1.54) is 9.58 Å². The lowest BCUT2D eigenvalue weighted by Crippen LogP contribution is -2.56. The first-order valence-electron chi connectivity index (χ1n) is 17.5. The molecule has 1 aromatic heterocycles. The average Bonchev–Trinajstić information content (AvgIpc) is 3.56. The maximum absolute atomic E-state index is 14.4. The Morgan fingerprint density at radius 2 is 1.88 bits per heavy atom. The summed E-state index contributed by atoms with van der Waals surface area (Å²) in [5, 5.41) is 20.4. The molecule has 3 N–H and O–H groups in total. The Morgan fingerprint density at radius 1 is 1.10 bits per heavy atom. The summed E-state index contributed by atoms with van der Waals surface area (Å²) in [6.07, 6.45) is 13.5. The summed E-state index contributed by atoms with van der Waals surface area (Å²) in [5.74, 6) is -0.688. The fraction of sp³-hybridized carbons (Fsp3) is 0.657. The van der Waals surface area contributed by atoms with Crippen LogP contribution in [0.4, 0.5) is 10.5 Å². The van der Waals surface area contributed by atoms with E-state index in [0.717, 1.165) is 42.9 Å². The number of aliphatic carboxylic acids is 1. The highest BCUT2D eigenvalue weighted by Crippen LogP contribution is 2.45. The molecule has 6 rings (SSSR count). The molecule has 0 radical (unpaired) electrons. The number of nitrogens with one attached hydrogen (secondary N) is 2. The van der Waals surface area contributed by atoms with Crippen LogP contribution in [0.1, 0.15) is 89.7 Å². The highest BCUT2D eigenvalue weighted by Gasteiger charge is 2.61. The molecule has 0 bridgehead atoms. The highest BCUT2D eigenvalue weighted by atomic mass is 32.2. The Balaban J connectivity index is 1.35. The van der Waals surface area contributed by atoms with Crippen molar-refractivity contribution in [2.24, 2.45) is 5.92 Å². The molecule has 4 aliphatic heterocycles. The van der Waals surface area contributed by atoms with Crippen LogP contribution >= 0.6 is 11.8 Å². The zero-order valence-electron chi connectivity index (χ0n) is 28.6. The topological polar surface area (TPSA) is 163 Å². The Bertz CT molecular complexity index is 1570. The molecule has 14 heteroatoms. The minimum Gasteiger partial charge on any atom is -0.479 e. The molecular weight excluding hydrogens is 648 g/mol. The van der Waals surface area contributed by atoms with Gasteiger partial charge in [0.25, 0.3) is 5.56 Å². The van der Waals surface area contributed by atoms with Crippen molar-refractivity contribution in [3.63, 3.8) is 0 Å². The van der Waals surface area contributed by atoms with Crippen LogP contribution in [0.25, 0.3) is 0 Å². The van der Waals surface area contributed by atoms with Gasteiger partial charge in [0, 0.05) is 49.2 Å². The lowest BCUT2D eigenvalue weighted by molar-refractivity contribution is -0.145. The maximum Gasteiger partial charge on any atom is 0.408 e. The van der Waals surface area contributed by atoms with E-state index >= 15 is 0 Å². The second-order valence-electron chi connectivity index (χ2n) is 14.9. The van der Waals surface area contributed by atoms with Gasteiger partial charge in [-0.2, -0.15) is 16.9 Å². The number of amides is 3. The van der Waals surface area contributed by atoms with E-state index in [2.05, 4.69) is 32.8 Å². The van der Waals surface area contributed by atoms with Crippen LogP contribution in [-0.2, 0) is 19.1 Å². The number of carboxylic acid groups (broad SMARTS) is 1. The van der Waals surface area contributed by atoms with Gasteiger partial charge in [-0.05, 0) is 58.6 Å². The van der Waals surface area contributed by atoms with Crippen molar-refractivity contribution in [2.45, 2.75) is 107 Å². The smallest absolute Gasteiger partial charge is 0.408 e. The van der Waals surface area contributed by atoms with Crippen molar-refractivity contribution in [3.05, 3.63) is 46.4 Å². The quantitative estimate of drug-likeness (QED) is 0.389. The van der Waals surface area contributed by atoms with E-state index in [4.69, 9.17) is 4.74 Å². The van der Waals surface area contributed by atoms with Crippen LogP contribution in [0, 0.1) is 5.92 Å². The number of allylic oxidation sites excluding steroid dienone is 1. The number of thioether (sulfide) groups is 1. The lowest BCUT2D eigenvalue weighted by Gasteiger charge is -2.30. The summed E-state index contributed by atoms with van der Waals surface area (Å²) in [7, 11) is 0. The molecular formula is C35H48N6O7S. The molecule has 1 saturated carbocycles. The summed E-state index contributed by atoms with van der Waals surface area (Å²) >= 11 is 1.82. The number of alkyl carbamates (subject to hydrolysis) is 1. The summed E-state index contributed by atoms with van der Waals surface area (Å²) in [6, 6.07) is -2.69. The number of carboxylic acids is 1. The number of anilines is 1. The first-order chi connectivity index (χ1) is 23.4. The third-order valence-corrected chi connectivity index (χ3v) is 11.4. The van der Waals surface area contributed by atoms with Gasteiger partial charge in [-0.1, -0.05) is 37.1 Å². The van der Waals surface area contributed by atoms with Crippen LogP contribution in [0.2, 0.25) is 0 Å². The van der Waals surface area contributed by atoms with E-state index in [-0.39, 0.29) is 36.8 Å². The Hall–Kier alpha value is -3.81. The third kappa shape index (κ3) is 7.53. The highest BCUT2D eigenvalue weighted by molar-refractivity contribution is 7.99. The maximum atomic E-state index is 14.4. The molecule has 5 aliphatic rings. The van der Waals surface area contributed by atoms with E-state index < -0.39 is 53.1 Å². The molecule has 1 aliphatic carbocycles. The van der Waals surface area contributed by atoms with E-state index in [1.807, 2.05) is 23.9 Å². The monoisotopic (exact) mass is 696 g/mol. The predicted octanol–water partition coefficient (Wildman–Crippen LogP) is 3.36. The van der Waals surface area contributed by atoms with Crippen molar-refractivity contribution in [1.29, 1.82) is 0 Å². The number of fused-ring (bicyclic) bond motifs is 2. The van der Waals surface area contributed by atoms with Gasteiger partial charge >= 0.3 is 12.1 Å². The standard InChI is InChI=1S/C35H48N6O7S/c1-34(2,3)48-33(47)37-25-12-8-6-4-5-7-11-23-18-35(23,32(45)46)38-29(42)26-17-24(20-40(26)30(25)43)41-31(44)28(22-13-16-49-21-22)27(19-36-41)39-14-9-10-15-39/h7,9-11,19,22-26H,4-6,8,12-18,20-21H2,1-3H3,(H,37,47)(H,38,42)(H,45,46)/b11-7-/t22?,23-,24+,25+,26+,35-/m1/s1. The molecule has 2 saturated heterocycles. The Kier molecular flexibility index (Phi) is 10.2. The largest absolute Gasteiger partial charge is 0.479 e. The number of rotatable bonds is 5. The van der Waals surface area contributed by atoms with Gasteiger partial charge in [0.1, 0.15) is 23.2 Å². The molecule has 13 nitrogen and oxygen atoms in total. The van der Waals surface area contributed by atoms with Gasteiger partial charge in [-0.3, -0.25) is 14.4 Å². The number of hydrogen-bond acceptors (Lipinski definition) is 9. The summed E-state index contributed by atoms with van der Waals surface area (Å²) in [6.45, 7) is 6.61. The van der Waals surface area contributed by atoms with Gasteiger partial charge in [0.15, 0.2) is 0 Å². The first kappa shape index (κ1) is 35.0. The number of nitrogens with zero attached hydrogens (tertiary/aromatic N) is 4. The van der Waals surface area contributed by atoms with Crippen molar-refractivity contribution in [2.75, 3.05) is 36.0 Å². The molecule has 1 unspecified atom stereocenters. The number of hydrogen-bond donors (Lipinski definition) is 3. The number of aromatic nitrogens is 2. The van der Waals surface area contributed by atoms with Crippen LogP contribution in [-0.4, -0.2) is 98.0 Å². The molecule has 3 fully saturated rings. The normalized spacial score (nSPS) is 31.3. The lowest BCUT2D eigenvalue weighted by atomic mass is 9.98. The Labute approximate surface area is 290 Å². The van der Waals surface area contributed by atoms with Crippen molar-refractivity contribution in [1.82, 2.24) is 25.3 Å². The molecule has 6 atom stereocenters. The fourth-order valence-corrected chi connectivity index (χ4v) is 8.75. The summed E-state index contributed by atoms with van der Waals surface area (Å²) in [4.78, 5) is 71.8. The van der Waals surface area contributed by atoms with Crippen LogP contribution < -0.4 is 21.1 Å². The SMILES string of the molecule is CC(C)(C)OC(=O)N[C@H]1CCCCC/C=C\[C@@H]2C[C@@]2(C(=O)O)NC(=O)[C@@H]2C[C@H](n3ncc(N4CC=CC4)c(C4CCSC4)c3=O)CN2C1=O. The third-order valence-electron chi connectivity index (χ3n) is 10.2. The minimum atomic E-state index is -1.46. The second-order valence-corrected chi connectivity index (χ2v) is 16.0. The van der Waals surface area contributed by atoms with Gasteiger partial charge < -0.3 is 30.3 Å². The molecule has 266 valence electrons. The number of carbonyl (C=O) groups is 4. The molecule has 3 amide bonds. The summed E-state index contributed by atoms with van der Waals surface area (Å²) < 4.78 is 6.91. The van der Waals surface area contributed by atoms with E-state index in [9.17, 15) is 29.1 Å². The van der Waals surface area contributed by atoms with E-state index in [0.29, 0.717) is 31.5 Å². The van der Waals surface area contributed by atoms with Gasteiger partial charge in [0.2, 0.25) is 11.8 Å². The molecule has 5 heterocycles. The molecule has 0 aromatic carbocycles. The molecule has 0 spiro atoms. The molecule has 49 heavy (non-hydrogen) atoms. The number of carbonyl (C=O) groups excluding carboxylic acids is 3. The second kappa shape index (κ2) is 14.2. The average molecular weight is 697 g/mol. The minimum absolute atomic E-state index is 0.00318. The Morgan fingerprint density at radius 3 is 2.57 bits per heavy atom. The fourth-order valence-electron chi connectivity index (χ4n) is 7.51. The van der Waals surface area contributed by atoms with Crippen LogP contribution in [0.3, 0.4) is 0 Å².